The fourth-order valence-corrected chi connectivity index (χ4v) is 6.09. The second-order valence-electron chi connectivity index (χ2n) is 13.5. The smallest absolute Gasteiger partial charge is 0.308 e. The van der Waals surface area contributed by atoms with Gasteiger partial charge in [0.25, 0.3) is 0 Å². The van der Waals surface area contributed by atoms with Crippen LogP contribution in [-0.4, -0.2) is 61.4 Å². The van der Waals surface area contributed by atoms with Crippen molar-refractivity contribution in [2.45, 2.75) is 188 Å². The van der Waals surface area contributed by atoms with Crippen LogP contribution in [0.2, 0.25) is 0 Å². The minimum atomic E-state index is 0.0299. The fourth-order valence-electron chi connectivity index (χ4n) is 6.09. The van der Waals surface area contributed by atoms with Crippen molar-refractivity contribution in [3.8, 4) is 0 Å². The number of hydrogen-bond acceptors (Lipinski definition) is 6. The Morgan fingerprint density at radius 1 is 0.467 bits per heavy atom. The second kappa shape index (κ2) is 34.2. The van der Waals surface area contributed by atoms with Crippen LogP contribution >= 0.6 is 0 Å². The van der Waals surface area contributed by atoms with Crippen molar-refractivity contribution in [2.75, 3.05) is 39.5 Å². The molecule has 0 amide bonds. The molecule has 0 saturated carbocycles. The van der Waals surface area contributed by atoms with Crippen LogP contribution in [0.3, 0.4) is 0 Å². The summed E-state index contributed by atoms with van der Waals surface area (Å²) in [7, 11) is 0. The molecule has 6 nitrogen and oxygen atoms in total. The lowest BCUT2D eigenvalue weighted by molar-refractivity contribution is -0.150. The Labute approximate surface area is 280 Å². The SMILES string of the molecule is CCCCCCC(CCCC)C(=O)OCCCCCCN(CCCO)CCCCCCOC(=O)C(CCCC)CCCCCC. The van der Waals surface area contributed by atoms with Gasteiger partial charge in [-0.1, -0.05) is 130 Å². The van der Waals surface area contributed by atoms with Gasteiger partial charge in [0.15, 0.2) is 0 Å². The molecule has 0 spiro atoms. The van der Waals surface area contributed by atoms with E-state index in [0.29, 0.717) is 13.2 Å². The lowest BCUT2D eigenvalue weighted by atomic mass is 9.95. The molecule has 0 aliphatic heterocycles. The van der Waals surface area contributed by atoms with E-state index < -0.39 is 0 Å². The Balaban J connectivity index is 4.12. The molecule has 0 aliphatic carbocycles. The van der Waals surface area contributed by atoms with Crippen LogP contribution in [0, 0.1) is 11.8 Å². The molecule has 45 heavy (non-hydrogen) atoms. The van der Waals surface area contributed by atoms with Gasteiger partial charge < -0.3 is 19.5 Å². The molecular weight excluding hydrogens is 562 g/mol. The van der Waals surface area contributed by atoms with E-state index in [-0.39, 0.29) is 30.4 Å². The van der Waals surface area contributed by atoms with Gasteiger partial charge in [0, 0.05) is 13.2 Å². The molecule has 0 aromatic heterocycles. The van der Waals surface area contributed by atoms with Crippen LogP contribution in [0.1, 0.15) is 188 Å². The van der Waals surface area contributed by atoms with E-state index in [1.165, 1.54) is 38.5 Å². The van der Waals surface area contributed by atoms with Crippen molar-refractivity contribution >= 4 is 11.9 Å². The van der Waals surface area contributed by atoms with Crippen LogP contribution in [-0.2, 0) is 19.1 Å². The Morgan fingerprint density at radius 2 is 0.822 bits per heavy atom. The van der Waals surface area contributed by atoms with Crippen LogP contribution < -0.4 is 0 Å². The maximum atomic E-state index is 12.6. The number of rotatable bonds is 35. The summed E-state index contributed by atoms with van der Waals surface area (Å²) in [5, 5.41) is 9.35. The average molecular weight is 640 g/mol. The Hall–Kier alpha value is -1.14. The minimum absolute atomic E-state index is 0.0299. The zero-order valence-corrected chi connectivity index (χ0v) is 30.6. The summed E-state index contributed by atoms with van der Waals surface area (Å²) in [5.74, 6) is 0.236. The number of esters is 2. The maximum absolute atomic E-state index is 12.6. The molecule has 2 atom stereocenters. The predicted octanol–water partition coefficient (Wildman–Crippen LogP) is 10.4. The molecule has 0 heterocycles. The van der Waals surface area contributed by atoms with E-state index in [2.05, 4.69) is 32.6 Å². The number of aliphatic hydroxyl groups is 1. The van der Waals surface area contributed by atoms with Gasteiger partial charge in [-0.15, -0.1) is 0 Å². The van der Waals surface area contributed by atoms with Crippen molar-refractivity contribution in [1.82, 2.24) is 4.90 Å². The molecule has 0 aromatic carbocycles. The monoisotopic (exact) mass is 640 g/mol. The molecule has 268 valence electrons. The normalized spacial score (nSPS) is 12.8. The van der Waals surface area contributed by atoms with Crippen molar-refractivity contribution in [2.24, 2.45) is 11.8 Å². The lowest BCUT2D eigenvalue weighted by Crippen LogP contribution is -2.28. The van der Waals surface area contributed by atoms with Crippen molar-refractivity contribution in [3.63, 3.8) is 0 Å². The molecule has 0 saturated heterocycles. The highest BCUT2D eigenvalue weighted by Crippen LogP contribution is 2.21. The highest BCUT2D eigenvalue weighted by molar-refractivity contribution is 5.72. The first-order valence-electron chi connectivity index (χ1n) is 19.7. The topological polar surface area (TPSA) is 76.1 Å². The zero-order valence-electron chi connectivity index (χ0n) is 30.6. The summed E-state index contributed by atoms with van der Waals surface area (Å²) in [5.41, 5.74) is 0. The fraction of sp³-hybridized carbons (Fsp3) is 0.949. The van der Waals surface area contributed by atoms with Gasteiger partial charge in [-0.25, -0.2) is 0 Å². The second-order valence-corrected chi connectivity index (χ2v) is 13.5. The van der Waals surface area contributed by atoms with Crippen molar-refractivity contribution < 1.29 is 24.2 Å². The van der Waals surface area contributed by atoms with E-state index >= 15 is 0 Å². The summed E-state index contributed by atoms with van der Waals surface area (Å²) >= 11 is 0. The number of nitrogens with zero attached hydrogens (tertiary/aromatic N) is 1. The van der Waals surface area contributed by atoms with Gasteiger partial charge in [-0.2, -0.15) is 0 Å². The molecule has 0 bridgehead atoms. The number of ether oxygens (including phenoxy) is 2. The lowest BCUT2D eigenvalue weighted by Gasteiger charge is -2.22. The van der Waals surface area contributed by atoms with Crippen molar-refractivity contribution in [1.29, 1.82) is 0 Å². The van der Waals surface area contributed by atoms with E-state index in [1.807, 2.05) is 0 Å². The van der Waals surface area contributed by atoms with E-state index in [4.69, 9.17) is 9.47 Å². The van der Waals surface area contributed by atoms with Crippen LogP contribution in [0.4, 0.5) is 0 Å². The van der Waals surface area contributed by atoms with Crippen LogP contribution in [0.25, 0.3) is 0 Å². The highest BCUT2D eigenvalue weighted by atomic mass is 16.5. The van der Waals surface area contributed by atoms with Gasteiger partial charge in [-0.3, -0.25) is 9.59 Å². The van der Waals surface area contributed by atoms with Crippen LogP contribution in [0.5, 0.6) is 0 Å². The first kappa shape index (κ1) is 43.9. The highest BCUT2D eigenvalue weighted by Gasteiger charge is 2.20. The molecule has 0 rings (SSSR count). The number of carbonyl (C=O) groups excluding carboxylic acids is 2. The van der Waals surface area contributed by atoms with E-state index in [1.54, 1.807) is 0 Å². The average Bonchev–Trinajstić information content (AvgIpc) is 3.04. The number of carbonyl (C=O) groups is 2. The van der Waals surface area contributed by atoms with Gasteiger partial charge in [-0.05, 0) is 70.9 Å². The third-order valence-electron chi connectivity index (χ3n) is 9.15. The minimum Gasteiger partial charge on any atom is -0.465 e. The number of aliphatic hydroxyl groups excluding tert-OH is 1. The Morgan fingerprint density at radius 3 is 1.22 bits per heavy atom. The van der Waals surface area contributed by atoms with E-state index in [9.17, 15) is 14.7 Å². The van der Waals surface area contributed by atoms with Gasteiger partial charge in [0.1, 0.15) is 0 Å². The largest absolute Gasteiger partial charge is 0.465 e. The molecule has 2 unspecified atom stereocenters. The molecule has 0 radical (unpaired) electrons. The first-order valence-corrected chi connectivity index (χ1v) is 19.7. The molecule has 0 aliphatic rings. The first-order chi connectivity index (χ1) is 22.0. The van der Waals surface area contributed by atoms with Crippen LogP contribution in [0.15, 0.2) is 0 Å². The standard InChI is InChI=1S/C39H77NO5/c1-5-9-13-19-28-36(26-11-7-3)38(42)44-34-23-17-15-21-30-40(32-25-33-41)31-22-16-18-24-35-45-39(43)37(27-12-8-4)29-20-14-10-6-2/h36-37,41H,5-35H2,1-4H3. The van der Waals surface area contributed by atoms with Crippen molar-refractivity contribution in [3.05, 3.63) is 0 Å². The maximum Gasteiger partial charge on any atom is 0.308 e. The third kappa shape index (κ3) is 27.7. The van der Waals surface area contributed by atoms with Gasteiger partial charge >= 0.3 is 11.9 Å². The zero-order chi connectivity index (χ0) is 33.2. The predicted molar refractivity (Wildman–Crippen MR) is 191 cm³/mol. The summed E-state index contributed by atoms with van der Waals surface area (Å²) < 4.78 is 11.4. The molecule has 0 aromatic rings. The summed E-state index contributed by atoms with van der Waals surface area (Å²) in [6.45, 7) is 13.2. The van der Waals surface area contributed by atoms with Gasteiger partial charge in [0.2, 0.25) is 0 Å². The third-order valence-corrected chi connectivity index (χ3v) is 9.15. The quantitative estimate of drug-likeness (QED) is 0.0549. The van der Waals surface area contributed by atoms with Gasteiger partial charge in [0.05, 0.1) is 25.0 Å². The molecular formula is C39H77NO5. The molecule has 0 fully saturated rings. The molecule has 1 N–H and O–H groups in total. The van der Waals surface area contributed by atoms with E-state index in [0.717, 1.165) is 142 Å². The Bertz CT molecular complexity index is 593. The summed E-state index contributed by atoms with van der Waals surface area (Å²) in [6.07, 6.45) is 27.5. The summed E-state index contributed by atoms with van der Waals surface area (Å²) in [4.78, 5) is 27.8. The molecule has 6 heteroatoms. The number of hydrogen-bond donors (Lipinski definition) is 1. The summed E-state index contributed by atoms with van der Waals surface area (Å²) in [6, 6.07) is 0. The number of unbranched alkanes of at least 4 members (excludes halogenated alkanes) is 14. The Kier molecular flexibility index (Phi) is 33.3.